The van der Waals surface area contributed by atoms with Crippen LogP contribution in [0.2, 0.25) is 0 Å². The van der Waals surface area contributed by atoms with Crippen LogP contribution >= 0.6 is 0 Å². The summed E-state index contributed by atoms with van der Waals surface area (Å²) in [5.41, 5.74) is 2.38. The number of ether oxygens (including phenoxy) is 1. The minimum Gasteiger partial charge on any atom is -0.495 e. The lowest BCUT2D eigenvalue weighted by Gasteiger charge is -2.19. The number of nitrogens with zero attached hydrogens (tertiary/aromatic N) is 2. The summed E-state index contributed by atoms with van der Waals surface area (Å²) in [6, 6.07) is 22.8. The lowest BCUT2D eigenvalue weighted by Crippen LogP contribution is -2.13. The monoisotopic (exact) mass is 375 g/mol. The molecule has 0 spiro atoms. The molecule has 4 aromatic rings. The van der Waals surface area contributed by atoms with Gasteiger partial charge in [-0.25, -0.2) is 4.39 Å². The molecule has 0 saturated carbocycles. The highest BCUT2D eigenvalue weighted by molar-refractivity contribution is 5.58. The molecule has 0 fully saturated rings. The van der Waals surface area contributed by atoms with Crippen molar-refractivity contribution in [3.63, 3.8) is 0 Å². The standard InChI is InChI=1S/C22H18FN3O2/c1-27-19-10-6-5-9-18(19)24-20(15-11-13-17(23)14-12-15)22-26-25-21(28-22)16-7-3-2-4-8-16/h2-14,20,24H,1H3. The molecule has 3 aromatic carbocycles. The minimum atomic E-state index is -0.470. The van der Waals surface area contributed by atoms with E-state index in [-0.39, 0.29) is 5.82 Å². The maximum absolute atomic E-state index is 13.4. The van der Waals surface area contributed by atoms with Crippen LogP contribution in [-0.2, 0) is 0 Å². The molecule has 0 aliphatic rings. The highest BCUT2D eigenvalue weighted by Gasteiger charge is 2.22. The van der Waals surface area contributed by atoms with Crippen molar-refractivity contribution in [1.29, 1.82) is 0 Å². The van der Waals surface area contributed by atoms with E-state index in [0.29, 0.717) is 17.5 Å². The number of aromatic nitrogens is 2. The van der Waals surface area contributed by atoms with Gasteiger partial charge in [0, 0.05) is 5.56 Å². The van der Waals surface area contributed by atoms with Gasteiger partial charge >= 0.3 is 0 Å². The highest BCUT2D eigenvalue weighted by atomic mass is 19.1. The summed E-state index contributed by atoms with van der Waals surface area (Å²) in [6.07, 6.45) is 0. The van der Waals surface area contributed by atoms with Crippen LogP contribution in [0.5, 0.6) is 5.75 Å². The summed E-state index contributed by atoms with van der Waals surface area (Å²) >= 11 is 0. The zero-order valence-corrected chi connectivity index (χ0v) is 15.2. The maximum Gasteiger partial charge on any atom is 0.247 e. The molecule has 1 atom stereocenters. The number of methoxy groups -OCH3 is 1. The van der Waals surface area contributed by atoms with E-state index in [1.165, 1.54) is 12.1 Å². The fraction of sp³-hybridized carbons (Fsp3) is 0.0909. The largest absolute Gasteiger partial charge is 0.495 e. The summed E-state index contributed by atoms with van der Waals surface area (Å²) in [6.45, 7) is 0. The number of hydrogen-bond donors (Lipinski definition) is 1. The van der Waals surface area contributed by atoms with Crippen molar-refractivity contribution in [3.8, 4) is 17.2 Å². The van der Waals surface area contributed by atoms with Crippen molar-refractivity contribution < 1.29 is 13.5 Å². The molecular weight excluding hydrogens is 357 g/mol. The molecule has 0 aliphatic heterocycles. The molecule has 1 heterocycles. The number of halogens is 1. The van der Waals surface area contributed by atoms with Gasteiger partial charge in [-0.15, -0.1) is 10.2 Å². The van der Waals surface area contributed by atoms with Crippen LogP contribution < -0.4 is 10.1 Å². The van der Waals surface area contributed by atoms with Crippen molar-refractivity contribution >= 4 is 5.69 Å². The molecule has 1 unspecified atom stereocenters. The van der Waals surface area contributed by atoms with Gasteiger partial charge in [0.15, 0.2) is 0 Å². The smallest absolute Gasteiger partial charge is 0.247 e. The first kappa shape index (κ1) is 17.7. The van der Waals surface area contributed by atoms with Gasteiger partial charge in [-0.3, -0.25) is 0 Å². The van der Waals surface area contributed by atoms with E-state index in [0.717, 1.165) is 16.8 Å². The third-order valence-corrected chi connectivity index (χ3v) is 4.32. The van der Waals surface area contributed by atoms with E-state index in [2.05, 4.69) is 15.5 Å². The molecule has 0 amide bonds. The molecule has 6 heteroatoms. The zero-order chi connectivity index (χ0) is 19.3. The first-order valence-corrected chi connectivity index (χ1v) is 8.78. The fourth-order valence-corrected chi connectivity index (χ4v) is 2.91. The van der Waals surface area contributed by atoms with E-state index < -0.39 is 6.04 Å². The molecule has 4 rings (SSSR count). The Morgan fingerprint density at radius 3 is 2.36 bits per heavy atom. The molecule has 0 saturated heterocycles. The quantitative estimate of drug-likeness (QED) is 0.509. The Bertz CT molecular complexity index is 1050. The number of benzene rings is 3. The normalized spacial score (nSPS) is 11.8. The fourth-order valence-electron chi connectivity index (χ4n) is 2.91. The van der Waals surface area contributed by atoms with E-state index in [4.69, 9.17) is 9.15 Å². The lowest BCUT2D eigenvalue weighted by atomic mass is 10.1. The summed E-state index contributed by atoms with van der Waals surface area (Å²) in [4.78, 5) is 0. The molecule has 28 heavy (non-hydrogen) atoms. The van der Waals surface area contributed by atoms with Crippen LogP contribution in [0.1, 0.15) is 17.5 Å². The molecule has 0 radical (unpaired) electrons. The Morgan fingerprint density at radius 2 is 1.61 bits per heavy atom. The van der Waals surface area contributed by atoms with Gasteiger partial charge in [0.1, 0.15) is 17.6 Å². The van der Waals surface area contributed by atoms with Crippen LogP contribution in [-0.4, -0.2) is 17.3 Å². The topological polar surface area (TPSA) is 60.2 Å². The van der Waals surface area contributed by atoms with Crippen molar-refractivity contribution in [2.45, 2.75) is 6.04 Å². The first-order valence-electron chi connectivity index (χ1n) is 8.78. The van der Waals surface area contributed by atoms with Gasteiger partial charge in [-0.1, -0.05) is 42.5 Å². The predicted octanol–water partition coefficient (Wildman–Crippen LogP) is 5.09. The number of anilines is 1. The van der Waals surface area contributed by atoms with Gasteiger partial charge in [0.25, 0.3) is 0 Å². The molecule has 0 bridgehead atoms. The molecule has 140 valence electrons. The second-order valence-electron chi connectivity index (χ2n) is 6.14. The van der Waals surface area contributed by atoms with Gasteiger partial charge in [0.2, 0.25) is 11.8 Å². The van der Waals surface area contributed by atoms with Gasteiger partial charge in [-0.2, -0.15) is 0 Å². The SMILES string of the molecule is COc1ccccc1NC(c1ccc(F)cc1)c1nnc(-c2ccccc2)o1. The van der Waals surface area contributed by atoms with Crippen LogP contribution in [0.15, 0.2) is 83.3 Å². The zero-order valence-electron chi connectivity index (χ0n) is 15.2. The van der Waals surface area contributed by atoms with Crippen LogP contribution in [0.25, 0.3) is 11.5 Å². The second-order valence-corrected chi connectivity index (χ2v) is 6.14. The van der Waals surface area contributed by atoms with Gasteiger partial charge in [0.05, 0.1) is 12.8 Å². The average molecular weight is 375 g/mol. The number of rotatable bonds is 6. The molecule has 0 aliphatic carbocycles. The van der Waals surface area contributed by atoms with Gasteiger partial charge < -0.3 is 14.5 Å². The third kappa shape index (κ3) is 3.71. The van der Waals surface area contributed by atoms with Crippen molar-refractivity contribution in [3.05, 3.63) is 96.1 Å². The van der Waals surface area contributed by atoms with Crippen molar-refractivity contribution in [2.24, 2.45) is 0 Å². The summed E-state index contributed by atoms with van der Waals surface area (Å²) in [5, 5.41) is 11.8. The van der Waals surface area contributed by atoms with Crippen LogP contribution in [0.4, 0.5) is 10.1 Å². The Labute approximate surface area is 161 Å². The Hall–Kier alpha value is -3.67. The number of para-hydroxylation sites is 2. The van der Waals surface area contributed by atoms with E-state index in [9.17, 15) is 4.39 Å². The van der Waals surface area contributed by atoms with Crippen molar-refractivity contribution in [1.82, 2.24) is 10.2 Å². The second kappa shape index (κ2) is 7.92. The third-order valence-electron chi connectivity index (χ3n) is 4.32. The molecule has 5 nitrogen and oxygen atoms in total. The summed E-state index contributed by atoms with van der Waals surface area (Å²) in [5.74, 6) is 1.16. The predicted molar refractivity (Wildman–Crippen MR) is 105 cm³/mol. The Balaban J connectivity index is 1.73. The maximum atomic E-state index is 13.4. The average Bonchev–Trinajstić information content (AvgIpc) is 3.24. The van der Waals surface area contributed by atoms with Crippen LogP contribution in [0.3, 0.4) is 0 Å². The van der Waals surface area contributed by atoms with E-state index >= 15 is 0 Å². The van der Waals surface area contributed by atoms with Crippen molar-refractivity contribution in [2.75, 3.05) is 12.4 Å². The molecule has 1 aromatic heterocycles. The molecular formula is C22H18FN3O2. The summed E-state index contributed by atoms with van der Waals surface area (Å²) < 4.78 is 24.8. The first-order chi connectivity index (χ1) is 13.7. The Kier molecular flexibility index (Phi) is 5.01. The van der Waals surface area contributed by atoms with E-state index in [1.54, 1.807) is 19.2 Å². The van der Waals surface area contributed by atoms with E-state index in [1.807, 2.05) is 54.6 Å². The van der Waals surface area contributed by atoms with Crippen LogP contribution in [0, 0.1) is 5.82 Å². The summed E-state index contributed by atoms with van der Waals surface area (Å²) in [7, 11) is 1.60. The molecule has 1 N–H and O–H groups in total. The number of nitrogens with one attached hydrogen (secondary N) is 1. The Morgan fingerprint density at radius 1 is 0.893 bits per heavy atom. The highest BCUT2D eigenvalue weighted by Crippen LogP contribution is 2.32. The lowest BCUT2D eigenvalue weighted by molar-refractivity contribution is 0.415. The minimum absolute atomic E-state index is 0.310. The van der Waals surface area contributed by atoms with Gasteiger partial charge in [-0.05, 0) is 42.0 Å². The number of hydrogen-bond acceptors (Lipinski definition) is 5.